The van der Waals surface area contributed by atoms with Crippen LogP contribution in [0.3, 0.4) is 0 Å². The maximum Gasteiger partial charge on any atom is 0.338 e. The van der Waals surface area contributed by atoms with E-state index in [0.717, 1.165) is 48.8 Å². The number of urea groups is 1. The molecule has 2 aliphatic rings. The summed E-state index contributed by atoms with van der Waals surface area (Å²) in [6.07, 6.45) is 1.30. The van der Waals surface area contributed by atoms with E-state index < -0.39 is 0 Å². The molecule has 2 fully saturated rings. The van der Waals surface area contributed by atoms with Crippen LogP contribution in [0.25, 0.3) is 0 Å². The van der Waals surface area contributed by atoms with Crippen LogP contribution in [0, 0.1) is 0 Å². The van der Waals surface area contributed by atoms with Crippen LogP contribution in [0.2, 0.25) is 0 Å². The molecule has 0 spiro atoms. The average molecular weight is 334 g/mol. The van der Waals surface area contributed by atoms with Crippen molar-refractivity contribution in [3.63, 3.8) is 0 Å². The van der Waals surface area contributed by atoms with Crippen LogP contribution in [0.15, 0.2) is 24.3 Å². The molecule has 3 rings (SSSR count). The maximum absolute atomic E-state index is 12.1. The van der Waals surface area contributed by atoms with Gasteiger partial charge in [-0.2, -0.15) is 11.8 Å². The molecule has 2 saturated heterocycles. The van der Waals surface area contributed by atoms with Crippen LogP contribution < -0.4 is 10.7 Å². The number of nitrogens with one attached hydrogen (secondary N) is 2. The standard InChI is InChI=1S/C16H22N4O2S/c21-15-6-3-7-20(15)18-16(22)17-14-5-2-1-4-13(14)12-19-8-10-23-11-9-19/h1-2,4-5H,3,6-12H2,(H2,17,18,22). The van der Waals surface area contributed by atoms with Gasteiger partial charge in [-0.3, -0.25) is 14.7 Å². The lowest BCUT2D eigenvalue weighted by Gasteiger charge is -2.27. The minimum absolute atomic E-state index is 0.0285. The van der Waals surface area contributed by atoms with Crippen LogP contribution >= 0.6 is 11.8 Å². The first-order valence-corrected chi connectivity index (χ1v) is 9.14. The van der Waals surface area contributed by atoms with Gasteiger partial charge in [0.05, 0.1) is 0 Å². The predicted molar refractivity (Wildman–Crippen MR) is 92.1 cm³/mol. The summed E-state index contributed by atoms with van der Waals surface area (Å²) in [7, 11) is 0. The fourth-order valence-corrected chi connectivity index (χ4v) is 3.80. The zero-order valence-corrected chi connectivity index (χ0v) is 13.9. The summed E-state index contributed by atoms with van der Waals surface area (Å²) < 4.78 is 0. The zero-order chi connectivity index (χ0) is 16.1. The molecule has 0 aromatic heterocycles. The van der Waals surface area contributed by atoms with Gasteiger partial charge in [0, 0.05) is 49.8 Å². The van der Waals surface area contributed by atoms with Gasteiger partial charge in [0.25, 0.3) is 0 Å². The molecule has 124 valence electrons. The summed E-state index contributed by atoms with van der Waals surface area (Å²) in [6.45, 7) is 3.57. The van der Waals surface area contributed by atoms with Gasteiger partial charge in [0.1, 0.15) is 0 Å². The van der Waals surface area contributed by atoms with E-state index in [1.165, 1.54) is 5.01 Å². The number of amides is 3. The Morgan fingerprint density at radius 3 is 2.70 bits per heavy atom. The van der Waals surface area contributed by atoms with E-state index in [2.05, 4.69) is 15.6 Å². The number of carbonyl (C=O) groups excluding carboxylic acids is 2. The Kier molecular flexibility index (Phi) is 5.40. The molecule has 0 saturated carbocycles. The molecular formula is C16H22N4O2S. The monoisotopic (exact) mass is 334 g/mol. The number of hydrogen-bond acceptors (Lipinski definition) is 4. The van der Waals surface area contributed by atoms with Gasteiger partial charge >= 0.3 is 6.03 Å². The van der Waals surface area contributed by atoms with Crippen molar-refractivity contribution in [2.45, 2.75) is 19.4 Å². The van der Waals surface area contributed by atoms with Crippen LogP contribution in [-0.2, 0) is 11.3 Å². The second-order valence-corrected chi connectivity index (χ2v) is 6.99. The first-order chi connectivity index (χ1) is 11.2. The van der Waals surface area contributed by atoms with Gasteiger partial charge in [0.2, 0.25) is 5.91 Å². The molecule has 7 heteroatoms. The molecule has 2 aliphatic heterocycles. The van der Waals surface area contributed by atoms with E-state index in [9.17, 15) is 9.59 Å². The summed E-state index contributed by atoms with van der Waals surface area (Å²) in [5.41, 5.74) is 4.52. The highest BCUT2D eigenvalue weighted by Gasteiger charge is 2.22. The van der Waals surface area contributed by atoms with Gasteiger partial charge in [-0.05, 0) is 18.1 Å². The van der Waals surface area contributed by atoms with Gasteiger partial charge in [-0.25, -0.2) is 10.2 Å². The molecule has 1 aromatic carbocycles. The van der Waals surface area contributed by atoms with Gasteiger partial charge in [-0.1, -0.05) is 18.2 Å². The van der Waals surface area contributed by atoms with E-state index >= 15 is 0 Å². The molecule has 6 nitrogen and oxygen atoms in total. The normalized spacial score (nSPS) is 19.0. The molecule has 2 N–H and O–H groups in total. The Labute approximate surface area is 140 Å². The van der Waals surface area contributed by atoms with Crippen LogP contribution in [0.5, 0.6) is 0 Å². The number of hydrogen-bond donors (Lipinski definition) is 2. The van der Waals surface area contributed by atoms with E-state index in [1.54, 1.807) is 0 Å². The molecule has 1 aromatic rings. The molecule has 0 atom stereocenters. The third-order valence-corrected chi connectivity index (χ3v) is 5.02. The summed E-state index contributed by atoms with van der Waals surface area (Å²) >= 11 is 1.98. The minimum Gasteiger partial charge on any atom is -0.306 e. The van der Waals surface area contributed by atoms with Crippen molar-refractivity contribution in [1.29, 1.82) is 0 Å². The van der Waals surface area contributed by atoms with Gasteiger partial charge in [-0.15, -0.1) is 0 Å². The third kappa shape index (κ3) is 4.39. The van der Waals surface area contributed by atoms with Crippen molar-refractivity contribution in [3.8, 4) is 0 Å². The molecule has 0 aliphatic carbocycles. The summed E-state index contributed by atoms with van der Waals surface area (Å²) in [5.74, 6) is 2.29. The number of anilines is 1. The largest absolute Gasteiger partial charge is 0.338 e. The minimum atomic E-state index is -0.359. The molecular weight excluding hydrogens is 312 g/mol. The predicted octanol–water partition coefficient (Wildman–Crippen LogP) is 1.89. The Balaban J connectivity index is 1.60. The number of carbonyl (C=O) groups is 2. The van der Waals surface area contributed by atoms with Crippen molar-refractivity contribution in [3.05, 3.63) is 29.8 Å². The molecule has 0 unspecified atom stereocenters. The second kappa shape index (κ2) is 7.70. The number of hydrazine groups is 1. The first kappa shape index (κ1) is 16.1. The lowest BCUT2D eigenvalue weighted by Crippen LogP contribution is -2.45. The van der Waals surface area contributed by atoms with Crippen LogP contribution in [0.4, 0.5) is 10.5 Å². The lowest BCUT2D eigenvalue weighted by molar-refractivity contribution is -0.129. The Morgan fingerprint density at radius 1 is 1.17 bits per heavy atom. The number of benzene rings is 1. The highest BCUT2D eigenvalue weighted by molar-refractivity contribution is 7.99. The van der Waals surface area contributed by atoms with Crippen LogP contribution in [0.1, 0.15) is 18.4 Å². The average Bonchev–Trinajstić information content (AvgIpc) is 2.95. The third-order valence-electron chi connectivity index (χ3n) is 4.07. The smallest absolute Gasteiger partial charge is 0.306 e. The SMILES string of the molecule is O=C(Nc1ccccc1CN1CCSCC1)NN1CCCC1=O. The fraction of sp³-hybridized carbons (Fsp3) is 0.500. The van der Waals surface area contributed by atoms with E-state index in [4.69, 9.17) is 0 Å². The number of para-hydroxylation sites is 1. The highest BCUT2D eigenvalue weighted by Crippen LogP contribution is 2.19. The summed E-state index contributed by atoms with van der Waals surface area (Å²) in [5, 5.41) is 4.26. The van der Waals surface area contributed by atoms with E-state index in [-0.39, 0.29) is 11.9 Å². The van der Waals surface area contributed by atoms with E-state index in [1.807, 2.05) is 36.0 Å². The lowest BCUT2D eigenvalue weighted by atomic mass is 10.1. The summed E-state index contributed by atoms with van der Waals surface area (Å²) in [6, 6.07) is 7.48. The van der Waals surface area contributed by atoms with Crippen molar-refractivity contribution in [2.75, 3.05) is 36.5 Å². The number of nitrogens with zero attached hydrogens (tertiary/aromatic N) is 2. The van der Waals surface area contributed by atoms with Crippen molar-refractivity contribution < 1.29 is 9.59 Å². The quantitative estimate of drug-likeness (QED) is 0.883. The molecule has 3 amide bonds. The molecule has 0 radical (unpaired) electrons. The summed E-state index contributed by atoms with van der Waals surface area (Å²) in [4.78, 5) is 26.1. The second-order valence-electron chi connectivity index (χ2n) is 5.76. The Bertz CT molecular complexity index is 575. The van der Waals surface area contributed by atoms with Crippen molar-refractivity contribution >= 4 is 29.4 Å². The number of rotatable bonds is 4. The topological polar surface area (TPSA) is 64.7 Å². The zero-order valence-electron chi connectivity index (χ0n) is 13.1. The highest BCUT2D eigenvalue weighted by atomic mass is 32.2. The van der Waals surface area contributed by atoms with Gasteiger partial charge < -0.3 is 5.32 Å². The van der Waals surface area contributed by atoms with Gasteiger partial charge in [0.15, 0.2) is 0 Å². The van der Waals surface area contributed by atoms with E-state index in [0.29, 0.717) is 13.0 Å². The van der Waals surface area contributed by atoms with Crippen molar-refractivity contribution in [2.24, 2.45) is 0 Å². The maximum atomic E-state index is 12.1. The van der Waals surface area contributed by atoms with Crippen molar-refractivity contribution in [1.82, 2.24) is 15.3 Å². The molecule has 0 bridgehead atoms. The first-order valence-electron chi connectivity index (χ1n) is 7.98. The van der Waals surface area contributed by atoms with Crippen LogP contribution in [-0.4, -0.2) is 53.0 Å². The number of thioether (sulfide) groups is 1. The molecule has 23 heavy (non-hydrogen) atoms. The Hall–Kier alpha value is -1.73. The fourth-order valence-electron chi connectivity index (χ4n) is 2.82. The molecule has 2 heterocycles. The Morgan fingerprint density at radius 2 is 1.96 bits per heavy atom.